The molecule has 0 unspecified atom stereocenters. The number of carbonyl (C=O) groups is 2. The van der Waals surface area contributed by atoms with Crippen molar-refractivity contribution in [2.24, 2.45) is 5.92 Å². The highest BCUT2D eigenvalue weighted by molar-refractivity contribution is 5.90. The first kappa shape index (κ1) is 22.7. The van der Waals surface area contributed by atoms with E-state index in [2.05, 4.69) is 15.8 Å². The molecule has 1 aromatic heterocycles. The number of rotatable bonds is 8. The van der Waals surface area contributed by atoms with Crippen molar-refractivity contribution in [2.45, 2.75) is 39.7 Å². The molecule has 1 saturated heterocycles. The molecule has 0 radical (unpaired) electrons. The van der Waals surface area contributed by atoms with Crippen LogP contribution in [0, 0.1) is 25.6 Å². The summed E-state index contributed by atoms with van der Waals surface area (Å²) in [5, 5.41) is 9.59. The first-order valence-electron chi connectivity index (χ1n) is 10.5. The second-order valence-corrected chi connectivity index (χ2v) is 7.82. The third kappa shape index (κ3) is 6.78. The molecule has 1 aliphatic rings. The molecule has 31 heavy (non-hydrogen) atoms. The number of benzene rings is 1. The molecular formula is C22H29FN4O4. The fourth-order valence-electron chi connectivity index (χ4n) is 3.58. The fraction of sp³-hybridized carbons (Fsp3) is 0.500. The summed E-state index contributed by atoms with van der Waals surface area (Å²) in [6.45, 7) is 5.72. The number of carbonyl (C=O) groups excluding carboxylic acids is 2. The summed E-state index contributed by atoms with van der Waals surface area (Å²) >= 11 is 0. The van der Waals surface area contributed by atoms with Gasteiger partial charge in [0.15, 0.2) is 5.76 Å². The lowest BCUT2D eigenvalue weighted by Gasteiger charge is -2.32. The SMILES string of the molecule is Cc1noc(C)c1NC(=O)N1CCC(CCNC(=O)COCc2ccc(F)cc2)CC1. The highest BCUT2D eigenvalue weighted by Crippen LogP contribution is 2.23. The second-order valence-electron chi connectivity index (χ2n) is 7.82. The van der Waals surface area contributed by atoms with Crippen molar-refractivity contribution in [3.8, 4) is 0 Å². The van der Waals surface area contributed by atoms with Gasteiger partial charge in [0.25, 0.3) is 0 Å². The lowest BCUT2D eigenvalue weighted by atomic mass is 9.94. The van der Waals surface area contributed by atoms with Gasteiger partial charge < -0.3 is 24.8 Å². The monoisotopic (exact) mass is 432 g/mol. The van der Waals surface area contributed by atoms with E-state index in [4.69, 9.17) is 9.26 Å². The molecule has 0 bridgehead atoms. The minimum Gasteiger partial charge on any atom is -0.367 e. The van der Waals surface area contributed by atoms with Gasteiger partial charge in [-0.05, 0) is 56.7 Å². The average molecular weight is 432 g/mol. The Balaban J connectivity index is 1.28. The van der Waals surface area contributed by atoms with Gasteiger partial charge in [-0.15, -0.1) is 0 Å². The minimum atomic E-state index is -0.298. The van der Waals surface area contributed by atoms with Crippen molar-refractivity contribution in [1.29, 1.82) is 0 Å². The van der Waals surface area contributed by atoms with Gasteiger partial charge in [0.05, 0.1) is 6.61 Å². The summed E-state index contributed by atoms with van der Waals surface area (Å²) in [5.74, 6) is 0.591. The van der Waals surface area contributed by atoms with E-state index < -0.39 is 0 Å². The van der Waals surface area contributed by atoms with Gasteiger partial charge in [-0.1, -0.05) is 17.3 Å². The first-order valence-corrected chi connectivity index (χ1v) is 10.5. The molecule has 2 heterocycles. The van der Waals surface area contributed by atoms with Crippen LogP contribution in [-0.4, -0.2) is 48.2 Å². The van der Waals surface area contributed by atoms with E-state index in [0.717, 1.165) is 24.8 Å². The number of hydrogen-bond donors (Lipinski definition) is 2. The molecular weight excluding hydrogens is 403 g/mol. The van der Waals surface area contributed by atoms with Crippen LogP contribution in [0.5, 0.6) is 0 Å². The molecule has 9 heteroatoms. The predicted molar refractivity (Wildman–Crippen MR) is 113 cm³/mol. The molecule has 0 saturated carbocycles. The van der Waals surface area contributed by atoms with Crippen LogP contribution in [0.3, 0.4) is 0 Å². The Morgan fingerprint density at radius 1 is 1.23 bits per heavy atom. The maximum atomic E-state index is 12.9. The Morgan fingerprint density at radius 2 is 1.94 bits per heavy atom. The number of piperidine rings is 1. The Labute approximate surface area is 181 Å². The van der Waals surface area contributed by atoms with Gasteiger partial charge in [-0.2, -0.15) is 0 Å². The van der Waals surface area contributed by atoms with Crippen molar-refractivity contribution in [3.05, 3.63) is 47.1 Å². The molecule has 0 atom stereocenters. The first-order chi connectivity index (χ1) is 14.9. The van der Waals surface area contributed by atoms with Gasteiger partial charge in [-0.3, -0.25) is 4.79 Å². The zero-order valence-corrected chi connectivity index (χ0v) is 17.9. The molecule has 3 amide bonds. The number of nitrogens with one attached hydrogen (secondary N) is 2. The van der Waals surface area contributed by atoms with E-state index in [-0.39, 0.29) is 31.0 Å². The highest BCUT2D eigenvalue weighted by atomic mass is 19.1. The molecule has 1 aromatic carbocycles. The Bertz CT molecular complexity index is 857. The van der Waals surface area contributed by atoms with Gasteiger partial charge in [-0.25, -0.2) is 9.18 Å². The van der Waals surface area contributed by atoms with Crippen LogP contribution in [0.25, 0.3) is 0 Å². The third-order valence-corrected chi connectivity index (χ3v) is 5.46. The van der Waals surface area contributed by atoms with Crippen LogP contribution < -0.4 is 10.6 Å². The van der Waals surface area contributed by atoms with Crippen LogP contribution in [0.1, 0.15) is 36.3 Å². The summed E-state index contributed by atoms with van der Waals surface area (Å²) < 4.78 is 23.3. The van der Waals surface area contributed by atoms with Crippen molar-refractivity contribution in [2.75, 3.05) is 31.6 Å². The molecule has 3 rings (SSSR count). The summed E-state index contributed by atoms with van der Waals surface area (Å²) in [6.07, 6.45) is 2.65. The number of ether oxygens (including phenoxy) is 1. The van der Waals surface area contributed by atoms with E-state index in [9.17, 15) is 14.0 Å². The van der Waals surface area contributed by atoms with E-state index in [0.29, 0.717) is 42.7 Å². The largest absolute Gasteiger partial charge is 0.367 e. The van der Waals surface area contributed by atoms with Crippen LogP contribution in [0.15, 0.2) is 28.8 Å². The zero-order chi connectivity index (χ0) is 22.2. The van der Waals surface area contributed by atoms with Crippen molar-refractivity contribution < 1.29 is 23.2 Å². The quantitative estimate of drug-likeness (QED) is 0.667. The maximum absolute atomic E-state index is 12.9. The zero-order valence-electron chi connectivity index (χ0n) is 17.9. The lowest BCUT2D eigenvalue weighted by Crippen LogP contribution is -2.41. The summed E-state index contributed by atoms with van der Waals surface area (Å²) in [4.78, 5) is 26.2. The molecule has 8 nitrogen and oxygen atoms in total. The van der Waals surface area contributed by atoms with Crippen LogP contribution in [0.2, 0.25) is 0 Å². The van der Waals surface area contributed by atoms with Crippen molar-refractivity contribution in [1.82, 2.24) is 15.4 Å². The van der Waals surface area contributed by atoms with Gasteiger partial charge in [0.2, 0.25) is 5.91 Å². The van der Waals surface area contributed by atoms with E-state index >= 15 is 0 Å². The van der Waals surface area contributed by atoms with Gasteiger partial charge in [0.1, 0.15) is 23.8 Å². The smallest absolute Gasteiger partial charge is 0.321 e. The summed E-state index contributed by atoms with van der Waals surface area (Å²) in [7, 11) is 0. The number of likely N-dealkylation sites (tertiary alicyclic amines) is 1. The summed E-state index contributed by atoms with van der Waals surface area (Å²) in [6, 6.07) is 5.86. The number of amides is 3. The Hall–Kier alpha value is -2.94. The minimum absolute atomic E-state index is 0.0301. The lowest BCUT2D eigenvalue weighted by molar-refractivity contribution is -0.126. The third-order valence-electron chi connectivity index (χ3n) is 5.46. The van der Waals surface area contributed by atoms with Crippen molar-refractivity contribution >= 4 is 17.6 Å². The van der Waals surface area contributed by atoms with Crippen LogP contribution in [0.4, 0.5) is 14.9 Å². The molecule has 1 aliphatic heterocycles. The standard InChI is InChI=1S/C22H29FN4O4/c1-15-21(16(2)31-26-15)25-22(29)27-11-8-17(9-12-27)7-10-24-20(28)14-30-13-18-3-5-19(23)6-4-18/h3-6,17H,7-14H2,1-2H3,(H,24,28)(H,25,29). The molecule has 0 aliphatic carbocycles. The number of urea groups is 1. The van der Waals surface area contributed by atoms with E-state index in [1.165, 1.54) is 12.1 Å². The fourth-order valence-corrected chi connectivity index (χ4v) is 3.58. The number of aromatic nitrogens is 1. The number of anilines is 1. The van der Waals surface area contributed by atoms with Gasteiger partial charge in [0, 0.05) is 19.6 Å². The highest BCUT2D eigenvalue weighted by Gasteiger charge is 2.24. The van der Waals surface area contributed by atoms with Crippen LogP contribution >= 0.6 is 0 Å². The Kier molecular flexibility index (Phi) is 8.00. The number of nitrogens with zero attached hydrogens (tertiary/aromatic N) is 2. The molecule has 1 fully saturated rings. The Morgan fingerprint density at radius 3 is 2.58 bits per heavy atom. The molecule has 2 N–H and O–H groups in total. The van der Waals surface area contributed by atoms with Crippen LogP contribution in [-0.2, 0) is 16.1 Å². The van der Waals surface area contributed by atoms with E-state index in [1.807, 2.05) is 0 Å². The maximum Gasteiger partial charge on any atom is 0.321 e. The summed E-state index contributed by atoms with van der Waals surface area (Å²) in [5.41, 5.74) is 2.12. The average Bonchev–Trinajstić information content (AvgIpc) is 3.07. The second kappa shape index (κ2) is 10.9. The van der Waals surface area contributed by atoms with E-state index in [1.54, 1.807) is 30.9 Å². The number of hydrogen-bond acceptors (Lipinski definition) is 5. The number of halogens is 1. The predicted octanol–water partition coefficient (Wildman–Crippen LogP) is 3.40. The molecule has 0 spiro atoms. The van der Waals surface area contributed by atoms with Crippen molar-refractivity contribution in [3.63, 3.8) is 0 Å². The van der Waals surface area contributed by atoms with Gasteiger partial charge >= 0.3 is 6.03 Å². The topological polar surface area (TPSA) is 96.7 Å². The molecule has 2 aromatic rings. The molecule has 168 valence electrons. The number of aryl methyl sites for hydroxylation is 2. The normalized spacial score (nSPS) is 14.5.